The van der Waals surface area contributed by atoms with Gasteiger partial charge in [0.2, 0.25) is 5.91 Å². The van der Waals surface area contributed by atoms with E-state index in [4.69, 9.17) is 9.47 Å². The van der Waals surface area contributed by atoms with Crippen molar-refractivity contribution in [3.8, 4) is 11.5 Å². The van der Waals surface area contributed by atoms with Crippen molar-refractivity contribution in [3.63, 3.8) is 0 Å². The van der Waals surface area contributed by atoms with E-state index in [1.807, 2.05) is 13.8 Å². The second-order valence-electron chi connectivity index (χ2n) is 6.39. The van der Waals surface area contributed by atoms with Crippen LogP contribution in [0.3, 0.4) is 0 Å². The summed E-state index contributed by atoms with van der Waals surface area (Å²) in [5, 5.41) is 3.52. The Bertz CT molecular complexity index is 789. The smallest absolute Gasteiger partial charge is 0.237 e. The molecule has 0 bridgehead atoms. The molecule has 1 atom stereocenters. The molecule has 2 aromatic rings. The first-order valence-corrected chi connectivity index (χ1v) is 10.0. The largest absolute Gasteiger partial charge is 0.497 e. The molecular formula is C20H29N3O3S. The number of aryl methyl sites for hydroxylation is 1. The number of nitrogens with one attached hydrogen (secondary N) is 1. The normalized spacial score (nSPS) is 11.9. The molecule has 0 aliphatic heterocycles. The number of amides is 1. The van der Waals surface area contributed by atoms with Gasteiger partial charge in [-0.25, -0.2) is 4.98 Å². The maximum absolute atomic E-state index is 12.7. The standard InChI is InChI=1S/C20H29N3O3S/c1-7-8-11-23-14(3)13(2)21-20(23)27-15(4)19(24)22-17-12-16(25-5)9-10-18(17)26-6/h9-10,12,15H,7-8,11H2,1-6H3,(H,22,24). The Hall–Kier alpha value is -2.15. The Kier molecular flexibility index (Phi) is 7.59. The van der Waals surface area contributed by atoms with E-state index in [0.717, 1.165) is 35.9 Å². The molecule has 0 radical (unpaired) electrons. The van der Waals surface area contributed by atoms with Crippen LogP contribution in [0.1, 0.15) is 38.1 Å². The van der Waals surface area contributed by atoms with Gasteiger partial charge in [0.05, 0.1) is 30.9 Å². The highest BCUT2D eigenvalue weighted by molar-refractivity contribution is 8.00. The van der Waals surface area contributed by atoms with Crippen LogP contribution in [0.2, 0.25) is 0 Å². The Morgan fingerprint density at radius 2 is 2.04 bits per heavy atom. The third-order valence-corrected chi connectivity index (χ3v) is 5.56. The summed E-state index contributed by atoms with van der Waals surface area (Å²) in [5.74, 6) is 1.15. The first-order chi connectivity index (χ1) is 12.9. The fourth-order valence-corrected chi connectivity index (χ4v) is 3.68. The van der Waals surface area contributed by atoms with Crippen LogP contribution in [0.25, 0.3) is 0 Å². The van der Waals surface area contributed by atoms with Crippen LogP contribution in [0.5, 0.6) is 11.5 Å². The number of anilines is 1. The minimum atomic E-state index is -0.303. The number of methoxy groups -OCH3 is 2. The van der Waals surface area contributed by atoms with Gasteiger partial charge in [-0.05, 0) is 39.3 Å². The molecule has 0 saturated carbocycles. The molecule has 6 nitrogen and oxygen atoms in total. The maximum Gasteiger partial charge on any atom is 0.237 e. The van der Waals surface area contributed by atoms with Crippen LogP contribution in [0.15, 0.2) is 23.4 Å². The predicted molar refractivity (Wildman–Crippen MR) is 110 cm³/mol. The van der Waals surface area contributed by atoms with E-state index in [0.29, 0.717) is 17.2 Å². The topological polar surface area (TPSA) is 65.4 Å². The van der Waals surface area contributed by atoms with Gasteiger partial charge in [0.25, 0.3) is 0 Å². The van der Waals surface area contributed by atoms with E-state index in [-0.39, 0.29) is 11.2 Å². The second-order valence-corrected chi connectivity index (χ2v) is 7.69. The number of benzene rings is 1. The van der Waals surface area contributed by atoms with Gasteiger partial charge in [-0.2, -0.15) is 0 Å². The van der Waals surface area contributed by atoms with E-state index >= 15 is 0 Å². The Morgan fingerprint density at radius 1 is 1.30 bits per heavy atom. The summed E-state index contributed by atoms with van der Waals surface area (Å²) in [4.78, 5) is 17.4. The lowest BCUT2D eigenvalue weighted by Crippen LogP contribution is -2.23. The van der Waals surface area contributed by atoms with Crippen LogP contribution in [-0.4, -0.2) is 34.9 Å². The van der Waals surface area contributed by atoms with Gasteiger partial charge in [0, 0.05) is 18.3 Å². The van der Waals surface area contributed by atoms with Gasteiger partial charge in [-0.3, -0.25) is 4.79 Å². The van der Waals surface area contributed by atoms with Crippen molar-refractivity contribution in [2.24, 2.45) is 0 Å². The number of ether oxygens (including phenoxy) is 2. The van der Waals surface area contributed by atoms with Gasteiger partial charge in [0.1, 0.15) is 11.5 Å². The number of nitrogens with zero attached hydrogens (tertiary/aromatic N) is 2. The summed E-state index contributed by atoms with van der Waals surface area (Å²) in [5.41, 5.74) is 2.76. The lowest BCUT2D eigenvalue weighted by molar-refractivity contribution is -0.115. The second kappa shape index (κ2) is 9.69. The molecule has 0 spiro atoms. The highest BCUT2D eigenvalue weighted by Gasteiger charge is 2.21. The molecule has 0 aliphatic rings. The molecule has 0 saturated heterocycles. The molecule has 148 valence electrons. The molecule has 7 heteroatoms. The zero-order valence-electron chi connectivity index (χ0n) is 17.0. The number of hydrogen-bond acceptors (Lipinski definition) is 5. The summed E-state index contributed by atoms with van der Waals surface area (Å²) in [6.07, 6.45) is 2.21. The average molecular weight is 392 g/mol. The quantitative estimate of drug-likeness (QED) is 0.640. The molecule has 1 aromatic heterocycles. The zero-order chi connectivity index (χ0) is 20.0. The summed E-state index contributed by atoms with van der Waals surface area (Å²) in [6.45, 7) is 9.06. The molecule has 1 unspecified atom stereocenters. The summed E-state index contributed by atoms with van der Waals surface area (Å²) in [6, 6.07) is 5.32. The van der Waals surface area contributed by atoms with E-state index in [1.165, 1.54) is 11.8 Å². The van der Waals surface area contributed by atoms with Crippen molar-refractivity contribution < 1.29 is 14.3 Å². The lowest BCUT2D eigenvalue weighted by Gasteiger charge is -2.16. The van der Waals surface area contributed by atoms with Crippen molar-refractivity contribution in [2.45, 2.75) is 57.5 Å². The Labute approximate surface area is 165 Å². The molecule has 0 aliphatic carbocycles. The number of thioether (sulfide) groups is 1. The Morgan fingerprint density at radius 3 is 2.67 bits per heavy atom. The molecular weight excluding hydrogens is 362 g/mol. The zero-order valence-corrected chi connectivity index (χ0v) is 17.8. The Balaban J connectivity index is 2.14. The van der Waals surface area contributed by atoms with Crippen LogP contribution < -0.4 is 14.8 Å². The van der Waals surface area contributed by atoms with Gasteiger partial charge in [-0.1, -0.05) is 25.1 Å². The summed E-state index contributed by atoms with van der Waals surface area (Å²) in [7, 11) is 3.17. The third-order valence-electron chi connectivity index (χ3n) is 4.47. The van der Waals surface area contributed by atoms with Crippen molar-refractivity contribution in [3.05, 3.63) is 29.6 Å². The van der Waals surface area contributed by atoms with Gasteiger partial charge in [-0.15, -0.1) is 0 Å². The molecule has 27 heavy (non-hydrogen) atoms. The fraction of sp³-hybridized carbons (Fsp3) is 0.500. The van der Waals surface area contributed by atoms with E-state index in [2.05, 4.69) is 28.7 Å². The van der Waals surface area contributed by atoms with E-state index in [1.54, 1.807) is 32.4 Å². The van der Waals surface area contributed by atoms with Crippen molar-refractivity contribution in [1.29, 1.82) is 0 Å². The fourth-order valence-electron chi connectivity index (χ4n) is 2.65. The molecule has 1 N–H and O–H groups in total. The molecule has 1 heterocycles. The minimum Gasteiger partial charge on any atom is -0.497 e. The first kappa shape index (κ1) is 21.2. The number of unbranched alkanes of at least 4 members (excludes halogenated alkanes) is 1. The van der Waals surface area contributed by atoms with Gasteiger partial charge < -0.3 is 19.4 Å². The predicted octanol–water partition coefficient (Wildman–Crippen LogP) is 4.44. The third kappa shape index (κ3) is 5.19. The number of rotatable bonds is 9. The average Bonchev–Trinajstić information content (AvgIpc) is 2.92. The van der Waals surface area contributed by atoms with Crippen LogP contribution >= 0.6 is 11.8 Å². The number of carbonyl (C=O) groups excluding carboxylic acids is 1. The van der Waals surface area contributed by atoms with Crippen molar-refractivity contribution in [2.75, 3.05) is 19.5 Å². The van der Waals surface area contributed by atoms with Crippen LogP contribution in [0.4, 0.5) is 5.69 Å². The van der Waals surface area contributed by atoms with E-state index in [9.17, 15) is 4.79 Å². The van der Waals surface area contributed by atoms with Crippen LogP contribution in [0, 0.1) is 13.8 Å². The molecule has 2 rings (SSSR count). The highest BCUT2D eigenvalue weighted by Crippen LogP contribution is 2.31. The maximum atomic E-state index is 12.7. The molecule has 0 fully saturated rings. The monoisotopic (exact) mass is 391 g/mol. The van der Waals surface area contributed by atoms with Gasteiger partial charge >= 0.3 is 0 Å². The van der Waals surface area contributed by atoms with Crippen molar-refractivity contribution >= 4 is 23.4 Å². The first-order valence-electron chi connectivity index (χ1n) is 9.14. The number of carbonyl (C=O) groups is 1. The lowest BCUT2D eigenvalue weighted by atomic mass is 10.2. The van der Waals surface area contributed by atoms with Crippen molar-refractivity contribution in [1.82, 2.24) is 9.55 Å². The number of imidazole rings is 1. The summed E-state index contributed by atoms with van der Waals surface area (Å²) < 4.78 is 12.8. The summed E-state index contributed by atoms with van der Waals surface area (Å²) >= 11 is 1.47. The number of hydrogen-bond donors (Lipinski definition) is 1. The molecule has 1 aromatic carbocycles. The molecule has 1 amide bonds. The van der Waals surface area contributed by atoms with Crippen LogP contribution in [-0.2, 0) is 11.3 Å². The van der Waals surface area contributed by atoms with Gasteiger partial charge in [0.15, 0.2) is 5.16 Å². The number of aromatic nitrogens is 2. The van der Waals surface area contributed by atoms with E-state index < -0.39 is 0 Å². The SMILES string of the molecule is CCCCn1c(SC(C)C(=O)Nc2cc(OC)ccc2OC)nc(C)c1C. The highest BCUT2D eigenvalue weighted by atomic mass is 32.2. The minimum absolute atomic E-state index is 0.105.